The molecule has 0 aliphatic rings. The molecule has 0 heterocycles. The number of benzene rings is 1. The first-order valence-electron chi connectivity index (χ1n) is 6.83. The van der Waals surface area contributed by atoms with Crippen molar-refractivity contribution in [2.45, 2.75) is 46.0 Å². The summed E-state index contributed by atoms with van der Waals surface area (Å²) in [6.07, 6.45) is 0.227. The van der Waals surface area contributed by atoms with Crippen LogP contribution >= 0.6 is 0 Å². The van der Waals surface area contributed by atoms with Crippen LogP contribution in [0.4, 0.5) is 0 Å². The summed E-state index contributed by atoms with van der Waals surface area (Å²) in [5.74, 6) is 0.230. The third kappa shape index (κ3) is 5.13. The Labute approximate surface area is 115 Å². The van der Waals surface area contributed by atoms with E-state index in [-0.39, 0.29) is 18.4 Å². The van der Waals surface area contributed by atoms with Crippen LogP contribution in [0.3, 0.4) is 0 Å². The maximum Gasteiger partial charge on any atom is 0.122 e. The third-order valence-corrected chi connectivity index (χ3v) is 3.41. The predicted molar refractivity (Wildman–Crippen MR) is 75.7 cm³/mol. The lowest BCUT2D eigenvalue weighted by atomic mass is 9.89. The summed E-state index contributed by atoms with van der Waals surface area (Å²) < 4.78 is 5.94. The van der Waals surface area contributed by atoms with Gasteiger partial charge >= 0.3 is 0 Å². The van der Waals surface area contributed by atoms with Gasteiger partial charge < -0.3 is 14.6 Å². The van der Waals surface area contributed by atoms with Crippen molar-refractivity contribution in [3.05, 3.63) is 35.9 Å². The number of rotatable bonds is 8. The van der Waals surface area contributed by atoms with E-state index in [1.54, 1.807) is 0 Å². The van der Waals surface area contributed by atoms with Crippen molar-refractivity contribution >= 4 is 6.29 Å². The van der Waals surface area contributed by atoms with Crippen LogP contribution in [0, 0.1) is 11.8 Å². The normalized spacial score (nSPS) is 16.1. The molecule has 0 spiro atoms. The van der Waals surface area contributed by atoms with E-state index < -0.39 is 6.10 Å². The molecule has 0 aliphatic heterocycles. The molecule has 0 saturated heterocycles. The second-order valence-corrected chi connectivity index (χ2v) is 5.33. The molecule has 19 heavy (non-hydrogen) atoms. The van der Waals surface area contributed by atoms with Crippen LogP contribution in [0.1, 0.15) is 32.8 Å². The predicted octanol–water partition coefficient (Wildman–Crippen LogP) is 2.81. The Bertz CT molecular complexity index is 362. The molecule has 0 bridgehead atoms. The molecule has 0 aromatic heterocycles. The van der Waals surface area contributed by atoms with Gasteiger partial charge in [0.05, 0.1) is 18.8 Å². The monoisotopic (exact) mass is 264 g/mol. The SMILES string of the molecule is CC(C)[C@@H](OCc1ccccc1)[C@@H](C)[C@H](O)CC=O. The van der Waals surface area contributed by atoms with Crippen LogP contribution in [-0.4, -0.2) is 23.6 Å². The third-order valence-electron chi connectivity index (χ3n) is 3.41. The Hall–Kier alpha value is -1.19. The maximum absolute atomic E-state index is 10.5. The Morgan fingerprint density at radius 3 is 2.37 bits per heavy atom. The van der Waals surface area contributed by atoms with Crippen molar-refractivity contribution in [1.29, 1.82) is 0 Å². The fraction of sp³-hybridized carbons (Fsp3) is 0.562. The molecule has 0 fully saturated rings. The number of carbonyl (C=O) groups excluding carboxylic acids is 1. The van der Waals surface area contributed by atoms with Gasteiger partial charge in [-0.05, 0) is 11.5 Å². The van der Waals surface area contributed by atoms with E-state index in [9.17, 15) is 9.90 Å². The fourth-order valence-corrected chi connectivity index (χ4v) is 2.25. The molecular weight excluding hydrogens is 240 g/mol. The summed E-state index contributed by atoms with van der Waals surface area (Å²) in [4.78, 5) is 10.5. The van der Waals surface area contributed by atoms with E-state index in [2.05, 4.69) is 13.8 Å². The molecule has 3 heteroatoms. The number of hydrogen-bond donors (Lipinski definition) is 1. The average Bonchev–Trinajstić information content (AvgIpc) is 2.39. The van der Waals surface area contributed by atoms with E-state index >= 15 is 0 Å². The lowest BCUT2D eigenvalue weighted by Gasteiger charge is -2.30. The van der Waals surface area contributed by atoms with Gasteiger partial charge in [0.15, 0.2) is 0 Å². The van der Waals surface area contributed by atoms with Crippen LogP contribution < -0.4 is 0 Å². The van der Waals surface area contributed by atoms with E-state index in [1.165, 1.54) is 0 Å². The molecule has 0 unspecified atom stereocenters. The minimum absolute atomic E-state index is 0.0600. The van der Waals surface area contributed by atoms with Crippen molar-refractivity contribution in [2.24, 2.45) is 11.8 Å². The smallest absolute Gasteiger partial charge is 0.122 e. The molecule has 0 radical (unpaired) electrons. The molecule has 1 aromatic carbocycles. The number of ether oxygens (including phenoxy) is 1. The van der Waals surface area contributed by atoms with E-state index in [1.807, 2.05) is 37.3 Å². The zero-order valence-electron chi connectivity index (χ0n) is 12.0. The Morgan fingerprint density at radius 1 is 1.21 bits per heavy atom. The van der Waals surface area contributed by atoms with Crippen LogP contribution in [0.15, 0.2) is 30.3 Å². The number of hydrogen-bond acceptors (Lipinski definition) is 3. The van der Waals surface area contributed by atoms with Gasteiger partial charge in [-0.3, -0.25) is 0 Å². The Morgan fingerprint density at radius 2 is 1.84 bits per heavy atom. The van der Waals surface area contributed by atoms with Gasteiger partial charge in [-0.1, -0.05) is 51.1 Å². The number of aliphatic hydroxyl groups is 1. The van der Waals surface area contributed by atoms with E-state index in [0.29, 0.717) is 12.5 Å². The Kier molecular flexibility index (Phi) is 6.74. The zero-order chi connectivity index (χ0) is 14.3. The molecule has 1 rings (SSSR count). The zero-order valence-corrected chi connectivity index (χ0v) is 12.0. The van der Waals surface area contributed by atoms with Crippen LogP contribution in [-0.2, 0) is 16.1 Å². The highest BCUT2D eigenvalue weighted by atomic mass is 16.5. The molecule has 0 aliphatic carbocycles. The quantitative estimate of drug-likeness (QED) is 0.734. The molecule has 0 saturated carbocycles. The first kappa shape index (κ1) is 15.9. The van der Waals surface area contributed by atoms with Crippen molar-refractivity contribution < 1.29 is 14.6 Å². The molecule has 0 amide bonds. The van der Waals surface area contributed by atoms with Crippen molar-refractivity contribution in [3.8, 4) is 0 Å². The van der Waals surface area contributed by atoms with Gasteiger partial charge in [0.2, 0.25) is 0 Å². The molecule has 106 valence electrons. The van der Waals surface area contributed by atoms with Gasteiger partial charge in [-0.25, -0.2) is 0 Å². The number of carbonyl (C=O) groups is 1. The minimum atomic E-state index is -0.638. The lowest BCUT2D eigenvalue weighted by Crippen LogP contribution is -2.35. The largest absolute Gasteiger partial charge is 0.392 e. The average molecular weight is 264 g/mol. The summed E-state index contributed by atoms with van der Waals surface area (Å²) in [5.41, 5.74) is 1.12. The maximum atomic E-state index is 10.5. The first-order valence-corrected chi connectivity index (χ1v) is 6.83. The number of aldehydes is 1. The molecule has 1 aromatic rings. The van der Waals surface area contributed by atoms with Gasteiger partial charge in [-0.2, -0.15) is 0 Å². The first-order chi connectivity index (χ1) is 9.06. The highest BCUT2D eigenvalue weighted by Crippen LogP contribution is 2.22. The molecular formula is C16H24O3. The summed E-state index contributed by atoms with van der Waals surface area (Å²) >= 11 is 0. The second kappa shape index (κ2) is 8.08. The van der Waals surface area contributed by atoms with Crippen molar-refractivity contribution in [2.75, 3.05) is 0 Å². The standard InChI is InChI=1S/C16H24O3/c1-12(2)16(13(3)15(18)9-10-17)19-11-14-7-5-4-6-8-14/h4-8,10,12-13,15-16,18H,9,11H2,1-3H3/t13-,15+,16+/m0/s1. The molecule has 3 nitrogen and oxygen atoms in total. The summed E-state index contributed by atoms with van der Waals surface area (Å²) in [7, 11) is 0. The van der Waals surface area contributed by atoms with Crippen LogP contribution in [0.5, 0.6) is 0 Å². The van der Waals surface area contributed by atoms with Gasteiger partial charge in [0, 0.05) is 12.3 Å². The minimum Gasteiger partial charge on any atom is -0.392 e. The van der Waals surface area contributed by atoms with Crippen molar-refractivity contribution in [1.82, 2.24) is 0 Å². The molecule has 1 N–H and O–H groups in total. The van der Waals surface area contributed by atoms with Gasteiger partial charge in [0.1, 0.15) is 6.29 Å². The summed E-state index contributed by atoms with van der Waals surface area (Å²) in [5, 5.41) is 9.92. The van der Waals surface area contributed by atoms with Crippen LogP contribution in [0.2, 0.25) is 0 Å². The highest BCUT2D eigenvalue weighted by Gasteiger charge is 2.27. The Balaban J connectivity index is 2.60. The van der Waals surface area contributed by atoms with E-state index in [0.717, 1.165) is 11.8 Å². The summed E-state index contributed by atoms with van der Waals surface area (Å²) in [6, 6.07) is 9.97. The second-order valence-electron chi connectivity index (χ2n) is 5.33. The lowest BCUT2D eigenvalue weighted by molar-refractivity contribution is -0.112. The van der Waals surface area contributed by atoms with Gasteiger partial charge in [-0.15, -0.1) is 0 Å². The number of aliphatic hydroxyl groups excluding tert-OH is 1. The van der Waals surface area contributed by atoms with Gasteiger partial charge in [0.25, 0.3) is 0 Å². The van der Waals surface area contributed by atoms with Crippen LogP contribution in [0.25, 0.3) is 0 Å². The van der Waals surface area contributed by atoms with E-state index in [4.69, 9.17) is 4.74 Å². The molecule has 3 atom stereocenters. The highest BCUT2D eigenvalue weighted by molar-refractivity contribution is 5.50. The summed E-state index contributed by atoms with van der Waals surface area (Å²) in [6.45, 7) is 6.60. The van der Waals surface area contributed by atoms with Crippen molar-refractivity contribution in [3.63, 3.8) is 0 Å². The fourth-order valence-electron chi connectivity index (χ4n) is 2.25. The topological polar surface area (TPSA) is 46.5 Å².